The van der Waals surface area contributed by atoms with Gasteiger partial charge in [-0.3, -0.25) is 4.79 Å². The van der Waals surface area contributed by atoms with Crippen molar-refractivity contribution in [2.45, 2.75) is 24.5 Å². The first-order valence-electron chi connectivity index (χ1n) is 8.07. The predicted octanol–water partition coefficient (Wildman–Crippen LogP) is 3.61. The summed E-state index contributed by atoms with van der Waals surface area (Å²) >= 11 is 0. The van der Waals surface area contributed by atoms with E-state index in [4.69, 9.17) is 0 Å². The third kappa shape index (κ3) is 4.15. The highest BCUT2D eigenvalue weighted by Crippen LogP contribution is 2.34. The van der Waals surface area contributed by atoms with Crippen LogP contribution in [0, 0.1) is 18.6 Å². The Bertz CT molecular complexity index is 1270. The Hall–Kier alpha value is -2.79. The third-order valence-corrected chi connectivity index (χ3v) is 5.64. The second kappa shape index (κ2) is 7.23. The van der Waals surface area contributed by atoms with E-state index >= 15 is 0 Å². The van der Waals surface area contributed by atoms with Crippen LogP contribution in [-0.2, 0) is 22.7 Å². The van der Waals surface area contributed by atoms with E-state index in [1.165, 1.54) is 19.1 Å². The number of aromatic nitrogens is 1. The molecule has 0 atom stereocenters. The maximum atomic E-state index is 13.9. The fraction of sp³-hybridized carbons (Fsp3) is 0.167. The molecule has 3 aromatic rings. The van der Waals surface area contributed by atoms with Crippen molar-refractivity contribution < 1.29 is 30.4 Å². The summed E-state index contributed by atoms with van der Waals surface area (Å²) in [6.45, 7) is 0.727. The number of alkyl halides is 3. The summed E-state index contributed by atoms with van der Waals surface area (Å²) in [6.07, 6.45) is -4.88. The van der Waals surface area contributed by atoms with Crippen molar-refractivity contribution in [3.63, 3.8) is 0 Å². The van der Waals surface area contributed by atoms with Crippen LogP contribution in [0.4, 0.5) is 22.0 Å². The smallest absolute Gasteiger partial charge is 0.322 e. The molecule has 29 heavy (non-hydrogen) atoms. The predicted molar refractivity (Wildman–Crippen MR) is 94.7 cm³/mol. The van der Waals surface area contributed by atoms with Gasteiger partial charge in [-0.05, 0) is 30.7 Å². The minimum absolute atomic E-state index is 0.0392. The molecule has 0 unspecified atom stereocenters. The molecule has 11 heteroatoms. The average molecular weight is 432 g/mol. The molecule has 5 nitrogen and oxygen atoms in total. The van der Waals surface area contributed by atoms with Gasteiger partial charge >= 0.3 is 6.18 Å². The maximum Gasteiger partial charge on any atom is 0.417 e. The lowest BCUT2D eigenvalue weighted by Gasteiger charge is -2.12. The summed E-state index contributed by atoms with van der Waals surface area (Å²) in [5, 5.41) is -0.521. The standard InChI is InChI=1S/C18H13F5N2O3S/c1-9-2-3-10(17(20)16(9)19)8-24-29(27,28)11-4-5-14-12(6-11)13(18(21,22)23)7-15(26)25-14/h2-7,24H,8H2,1H3,(H,25,26). The molecule has 154 valence electrons. The third-order valence-electron chi connectivity index (χ3n) is 4.24. The molecule has 0 saturated heterocycles. The van der Waals surface area contributed by atoms with E-state index in [1.54, 1.807) is 0 Å². The molecule has 0 saturated carbocycles. The molecule has 2 N–H and O–H groups in total. The average Bonchev–Trinajstić information content (AvgIpc) is 2.63. The van der Waals surface area contributed by atoms with E-state index in [2.05, 4.69) is 4.98 Å². The van der Waals surface area contributed by atoms with E-state index in [-0.39, 0.29) is 16.6 Å². The normalized spacial score (nSPS) is 12.5. The van der Waals surface area contributed by atoms with Gasteiger partial charge in [-0.1, -0.05) is 12.1 Å². The highest BCUT2D eigenvalue weighted by atomic mass is 32.2. The van der Waals surface area contributed by atoms with Gasteiger partial charge in [0.1, 0.15) is 0 Å². The Morgan fingerprint density at radius 1 is 1.03 bits per heavy atom. The van der Waals surface area contributed by atoms with Crippen molar-refractivity contribution in [2.24, 2.45) is 0 Å². The number of hydrogen-bond acceptors (Lipinski definition) is 3. The second-order valence-electron chi connectivity index (χ2n) is 6.25. The van der Waals surface area contributed by atoms with Gasteiger partial charge in [0, 0.05) is 29.1 Å². The van der Waals surface area contributed by atoms with Gasteiger partial charge in [0.25, 0.3) is 0 Å². The van der Waals surface area contributed by atoms with Crippen molar-refractivity contribution in [2.75, 3.05) is 0 Å². The highest BCUT2D eigenvalue weighted by molar-refractivity contribution is 7.89. The number of pyridine rings is 1. The number of hydrogen-bond donors (Lipinski definition) is 2. The number of halogens is 5. The first kappa shape index (κ1) is 20.9. The number of aryl methyl sites for hydroxylation is 1. The molecule has 1 aromatic heterocycles. The minimum atomic E-state index is -4.88. The zero-order valence-corrected chi connectivity index (χ0v) is 15.5. The number of fused-ring (bicyclic) bond motifs is 1. The summed E-state index contributed by atoms with van der Waals surface area (Å²) in [5.74, 6) is -2.34. The SMILES string of the molecule is Cc1ccc(CNS(=O)(=O)c2ccc3[nH]c(=O)cc(C(F)(F)F)c3c2)c(F)c1F. The Kier molecular flexibility index (Phi) is 5.22. The number of aromatic amines is 1. The van der Waals surface area contributed by atoms with Crippen LogP contribution in [0.2, 0.25) is 0 Å². The number of rotatable bonds is 4. The van der Waals surface area contributed by atoms with Gasteiger partial charge < -0.3 is 4.98 Å². The lowest BCUT2D eigenvalue weighted by Crippen LogP contribution is -2.24. The van der Waals surface area contributed by atoms with Crippen LogP contribution in [0.3, 0.4) is 0 Å². The lowest BCUT2D eigenvalue weighted by molar-refractivity contribution is -0.136. The fourth-order valence-electron chi connectivity index (χ4n) is 2.71. The molecule has 0 fully saturated rings. The van der Waals surface area contributed by atoms with E-state index < -0.39 is 55.8 Å². The maximum absolute atomic E-state index is 13.9. The van der Waals surface area contributed by atoms with E-state index in [0.717, 1.165) is 18.2 Å². The van der Waals surface area contributed by atoms with Crippen molar-refractivity contribution in [1.82, 2.24) is 9.71 Å². The molecular weight excluding hydrogens is 419 g/mol. The van der Waals surface area contributed by atoms with Crippen molar-refractivity contribution in [3.05, 3.63) is 75.1 Å². The van der Waals surface area contributed by atoms with Crippen LogP contribution in [0.15, 0.2) is 46.1 Å². The molecular formula is C18H13F5N2O3S. The van der Waals surface area contributed by atoms with Gasteiger partial charge in [-0.25, -0.2) is 21.9 Å². The van der Waals surface area contributed by atoms with Crippen LogP contribution in [-0.4, -0.2) is 13.4 Å². The van der Waals surface area contributed by atoms with Crippen LogP contribution in [0.25, 0.3) is 10.9 Å². The molecule has 0 aliphatic rings. The highest BCUT2D eigenvalue weighted by Gasteiger charge is 2.33. The lowest BCUT2D eigenvalue weighted by atomic mass is 10.1. The fourth-order valence-corrected chi connectivity index (χ4v) is 3.75. The Morgan fingerprint density at radius 3 is 2.38 bits per heavy atom. The molecule has 0 aliphatic carbocycles. The van der Waals surface area contributed by atoms with Crippen molar-refractivity contribution in [3.8, 4) is 0 Å². The molecule has 2 aromatic carbocycles. The number of sulfonamides is 1. The summed E-state index contributed by atoms with van der Waals surface area (Å²) in [7, 11) is -4.36. The van der Waals surface area contributed by atoms with Crippen LogP contribution < -0.4 is 10.3 Å². The summed E-state index contributed by atoms with van der Waals surface area (Å²) < 4.78 is 94.1. The van der Waals surface area contributed by atoms with Crippen LogP contribution in [0.5, 0.6) is 0 Å². The molecule has 0 aliphatic heterocycles. The number of H-pyrrole nitrogens is 1. The Morgan fingerprint density at radius 2 is 1.72 bits per heavy atom. The molecule has 0 bridgehead atoms. The molecule has 1 heterocycles. The number of nitrogens with one attached hydrogen (secondary N) is 2. The van der Waals surface area contributed by atoms with Crippen LogP contribution in [0.1, 0.15) is 16.7 Å². The van der Waals surface area contributed by atoms with Gasteiger partial charge in [0.15, 0.2) is 11.6 Å². The van der Waals surface area contributed by atoms with Gasteiger partial charge in [0.05, 0.1) is 10.5 Å². The van der Waals surface area contributed by atoms with E-state index in [0.29, 0.717) is 6.07 Å². The van der Waals surface area contributed by atoms with Crippen molar-refractivity contribution in [1.29, 1.82) is 0 Å². The second-order valence-corrected chi connectivity index (χ2v) is 8.01. The largest absolute Gasteiger partial charge is 0.417 e. The first-order chi connectivity index (χ1) is 13.4. The Balaban J connectivity index is 2.00. The van der Waals surface area contributed by atoms with Gasteiger partial charge in [-0.15, -0.1) is 0 Å². The molecule has 0 radical (unpaired) electrons. The summed E-state index contributed by atoms with van der Waals surface area (Å²) in [5.41, 5.74) is -2.71. The summed E-state index contributed by atoms with van der Waals surface area (Å²) in [4.78, 5) is 13.1. The number of benzene rings is 2. The quantitative estimate of drug-likeness (QED) is 0.619. The monoisotopic (exact) mass is 432 g/mol. The minimum Gasteiger partial charge on any atom is -0.322 e. The molecule has 0 spiro atoms. The summed E-state index contributed by atoms with van der Waals surface area (Å²) in [6, 6.07) is 5.56. The molecule has 0 amide bonds. The van der Waals surface area contributed by atoms with Gasteiger partial charge in [0.2, 0.25) is 15.6 Å². The zero-order valence-electron chi connectivity index (χ0n) is 14.7. The van der Waals surface area contributed by atoms with E-state index in [1.807, 2.05) is 4.72 Å². The van der Waals surface area contributed by atoms with Crippen LogP contribution >= 0.6 is 0 Å². The topological polar surface area (TPSA) is 79.0 Å². The molecule has 3 rings (SSSR count). The van der Waals surface area contributed by atoms with Crippen molar-refractivity contribution >= 4 is 20.9 Å². The Labute approximate surface area is 161 Å². The zero-order chi connectivity index (χ0) is 21.6. The van der Waals surface area contributed by atoms with Gasteiger partial charge in [-0.2, -0.15) is 13.2 Å². The first-order valence-corrected chi connectivity index (χ1v) is 9.56. The van der Waals surface area contributed by atoms with E-state index in [9.17, 15) is 35.2 Å².